The van der Waals surface area contributed by atoms with Crippen LogP contribution in [0, 0.1) is 17.0 Å². The van der Waals surface area contributed by atoms with Crippen LogP contribution in [-0.4, -0.2) is 39.7 Å². The van der Waals surface area contributed by atoms with E-state index in [9.17, 15) is 15.2 Å². The Bertz CT molecular complexity index is 438. The molecule has 0 aliphatic carbocycles. The molecule has 7 nitrogen and oxygen atoms in total. The summed E-state index contributed by atoms with van der Waals surface area (Å²) in [4.78, 5) is 19.4. The second-order valence-corrected chi connectivity index (χ2v) is 4.07. The number of aromatic nitrogens is 2. The predicted octanol–water partition coefficient (Wildman–Crippen LogP) is 1.16. The van der Waals surface area contributed by atoms with Crippen LogP contribution in [0.1, 0.15) is 12.6 Å². The lowest BCUT2D eigenvalue weighted by Crippen LogP contribution is -2.28. The van der Waals surface area contributed by atoms with E-state index in [0.717, 1.165) is 0 Å². The molecule has 0 radical (unpaired) electrons. The zero-order valence-electron chi connectivity index (χ0n) is 9.71. The van der Waals surface area contributed by atoms with Crippen molar-refractivity contribution in [2.24, 2.45) is 0 Å². The minimum atomic E-state index is -0.631. The molecule has 1 rings (SSSR count). The van der Waals surface area contributed by atoms with Crippen LogP contribution in [0.5, 0.6) is 0 Å². The normalized spacial score (nSPS) is 12.3. The van der Waals surface area contributed by atoms with E-state index in [4.69, 9.17) is 11.6 Å². The maximum Gasteiger partial charge on any atom is 0.332 e. The van der Waals surface area contributed by atoms with Gasteiger partial charge in [0.05, 0.1) is 11.0 Å². The van der Waals surface area contributed by atoms with Crippen molar-refractivity contribution in [3.63, 3.8) is 0 Å². The van der Waals surface area contributed by atoms with E-state index in [1.165, 1.54) is 11.8 Å². The van der Waals surface area contributed by atoms with Gasteiger partial charge in [-0.3, -0.25) is 10.1 Å². The van der Waals surface area contributed by atoms with Gasteiger partial charge in [-0.05, 0) is 25.4 Å². The van der Waals surface area contributed by atoms with Gasteiger partial charge in [0.15, 0.2) is 0 Å². The molecular weight excluding hydrogens is 248 g/mol. The summed E-state index contributed by atoms with van der Waals surface area (Å²) in [5.41, 5.74) is -0.00000661. The number of hydrogen-bond donors (Lipinski definition) is 1. The van der Waals surface area contributed by atoms with Crippen LogP contribution < -0.4 is 4.90 Å². The molecule has 8 heteroatoms. The molecule has 1 heterocycles. The molecule has 0 aliphatic heterocycles. The molecule has 1 aromatic rings. The number of nitrogens with zero attached hydrogens (tertiary/aromatic N) is 4. The van der Waals surface area contributed by atoms with E-state index >= 15 is 0 Å². The lowest BCUT2D eigenvalue weighted by atomic mass is 10.3. The first kappa shape index (κ1) is 13.6. The molecule has 0 saturated carbocycles. The Labute approximate surface area is 103 Å². The third-order valence-electron chi connectivity index (χ3n) is 2.09. The highest BCUT2D eigenvalue weighted by molar-refractivity contribution is 6.28. The summed E-state index contributed by atoms with van der Waals surface area (Å²) < 4.78 is 0. The van der Waals surface area contributed by atoms with Crippen LogP contribution in [0.3, 0.4) is 0 Å². The summed E-state index contributed by atoms with van der Waals surface area (Å²) in [5, 5.41) is 20.1. The van der Waals surface area contributed by atoms with Gasteiger partial charge in [0.2, 0.25) is 11.1 Å². The van der Waals surface area contributed by atoms with Crippen molar-refractivity contribution in [1.29, 1.82) is 0 Å². The largest absolute Gasteiger partial charge is 0.392 e. The standard InChI is InChI=1S/C9H13ClN4O3/c1-5(15)4-13(3)8-7(14(16)17)6(2)11-9(10)12-8/h5,15H,4H2,1-3H3. The summed E-state index contributed by atoms with van der Waals surface area (Å²) >= 11 is 5.67. The van der Waals surface area contributed by atoms with Crippen LogP contribution in [-0.2, 0) is 0 Å². The highest BCUT2D eigenvalue weighted by Gasteiger charge is 2.24. The number of nitro groups is 1. The van der Waals surface area contributed by atoms with Crippen molar-refractivity contribution in [3.05, 3.63) is 21.1 Å². The monoisotopic (exact) mass is 260 g/mol. The zero-order valence-corrected chi connectivity index (χ0v) is 10.5. The SMILES string of the molecule is Cc1nc(Cl)nc(N(C)CC(C)O)c1[N+](=O)[O-]. The molecule has 1 unspecified atom stereocenters. The van der Waals surface area contributed by atoms with Gasteiger partial charge in [0, 0.05) is 13.6 Å². The topological polar surface area (TPSA) is 92.4 Å². The highest BCUT2D eigenvalue weighted by atomic mass is 35.5. The fourth-order valence-electron chi connectivity index (χ4n) is 1.48. The van der Waals surface area contributed by atoms with Crippen LogP contribution >= 0.6 is 11.6 Å². The average molecular weight is 261 g/mol. The molecule has 1 N–H and O–H groups in total. The summed E-state index contributed by atoms with van der Waals surface area (Å²) in [5.74, 6) is 0.105. The lowest BCUT2D eigenvalue weighted by Gasteiger charge is -2.19. The molecule has 94 valence electrons. The summed E-state index contributed by atoms with van der Waals surface area (Å²) in [6.45, 7) is 3.29. The Hall–Kier alpha value is -1.47. The van der Waals surface area contributed by atoms with Crippen molar-refractivity contribution in [3.8, 4) is 0 Å². The van der Waals surface area contributed by atoms with Crippen molar-refractivity contribution < 1.29 is 10.0 Å². The average Bonchev–Trinajstić information content (AvgIpc) is 2.14. The fourth-order valence-corrected chi connectivity index (χ4v) is 1.69. The van der Waals surface area contributed by atoms with Gasteiger partial charge in [-0.25, -0.2) is 4.98 Å². The van der Waals surface area contributed by atoms with Gasteiger partial charge in [0.25, 0.3) is 0 Å². The molecule has 1 aromatic heterocycles. The molecule has 0 spiro atoms. The Balaban J connectivity index is 3.25. The van der Waals surface area contributed by atoms with E-state index in [1.807, 2.05) is 0 Å². The quantitative estimate of drug-likeness (QED) is 0.496. The minimum Gasteiger partial charge on any atom is -0.392 e. The summed E-state index contributed by atoms with van der Waals surface area (Å²) in [6.07, 6.45) is -0.631. The van der Waals surface area contributed by atoms with E-state index in [2.05, 4.69) is 9.97 Å². The van der Waals surface area contributed by atoms with Crippen molar-refractivity contribution in [2.45, 2.75) is 20.0 Å². The van der Waals surface area contributed by atoms with Gasteiger partial charge in [0.1, 0.15) is 5.69 Å². The first-order valence-corrected chi connectivity index (χ1v) is 5.28. The Morgan fingerprint density at radius 1 is 1.59 bits per heavy atom. The molecule has 1 atom stereocenters. The van der Waals surface area contributed by atoms with Crippen LogP contribution in [0.2, 0.25) is 5.28 Å². The summed E-state index contributed by atoms with van der Waals surface area (Å²) in [7, 11) is 1.60. The Morgan fingerprint density at radius 2 is 2.18 bits per heavy atom. The first-order valence-electron chi connectivity index (χ1n) is 4.90. The predicted molar refractivity (Wildman–Crippen MR) is 63.4 cm³/mol. The Morgan fingerprint density at radius 3 is 2.65 bits per heavy atom. The van der Waals surface area contributed by atoms with E-state index in [0.29, 0.717) is 0 Å². The summed E-state index contributed by atoms with van der Waals surface area (Å²) in [6, 6.07) is 0. The molecule has 17 heavy (non-hydrogen) atoms. The van der Waals surface area contributed by atoms with Crippen LogP contribution in [0.15, 0.2) is 0 Å². The maximum absolute atomic E-state index is 10.9. The number of halogens is 1. The third-order valence-corrected chi connectivity index (χ3v) is 2.26. The zero-order chi connectivity index (χ0) is 13.2. The number of aryl methyl sites for hydroxylation is 1. The third kappa shape index (κ3) is 3.24. The lowest BCUT2D eigenvalue weighted by molar-refractivity contribution is -0.385. The van der Waals surface area contributed by atoms with Crippen molar-refractivity contribution >= 4 is 23.1 Å². The molecule has 0 aromatic carbocycles. The number of rotatable bonds is 4. The minimum absolute atomic E-state index is 0.0551. The van der Waals surface area contributed by atoms with E-state index < -0.39 is 11.0 Å². The number of aliphatic hydroxyl groups excluding tert-OH is 1. The second kappa shape index (κ2) is 5.24. The smallest absolute Gasteiger partial charge is 0.332 e. The Kier molecular flexibility index (Phi) is 4.19. The molecular formula is C9H13ClN4O3. The maximum atomic E-state index is 10.9. The van der Waals surface area contributed by atoms with Gasteiger partial charge < -0.3 is 10.0 Å². The highest BCUT2D eigenvalue weighted by Crippen LogP contribution is 2.28. The van der Waals surface area contributed by atoms with Gasteiger partial charge in [-0.2, -0.15) is 4.98 Å². The number of anilines is 1. The second-order valence-electron chi connectivity index (χ2n) is 3.74. The molecule has 0 saturated heterocycles. The number of hydrogen-bond acceptors (Lipinski definition) is 6. The fraction of sp³-hybridized carbons (Fsp3) is 0.556. The van der Waals surface area contributed by atoms with Gasteiger partial charge >= 0.3 is 5.69 Å². The van der Waals surface area contributed by atoms with E-state index in [-0.39, 0.29) is 29.0 Å². The molecule has 0 bridgehead atoms. The molecule has 0 amide bonds. The van der Waals surface area contributed by atoms with Crippen LogP contribution in [0.25, 0.3) is 0 Å². The van der Waals surface area contributed by atoms with Gasteiger partial charge in [-0.1, -0.05) is 0 Å². The molecule has 0 fully saturated rings. The molecule has 0 aliphatic rings. The van der Waals surface area contributed by atoms with Crippen molar-refractivity contribution in [1.82, 2.24) is 9.97 Å². The van der Waals surface area contributed by atoms with Crippen LogP contribution in [0.4, 0.5) is 11.5 Å². The van der Waals surface area contributed by atoms with Crippen molar-refractivity contribution in [2.75, 3.05) is 18.5 Å². The van der Waals surface area contributed by atoms with E-state index in [1.54, 1.807) is 14.0 Å². The number of likely N-dealkylation sites (N-methyl/N-ethyl adjacent to an activating group) is 1. The van der Waals surface area contributed by atoms with Gasteiger partial charge in [-0.15, -0.1) is 0 Å². The first-order chi connectivity index (χ1) is 7.82. The number of aliphatic hydroxyl groups is 1.